The van der Waals surface area contributed by atoms with Crippen LogP contribution < -0.4 is 11.1 Å². The first-order valence-corrected chi connectivity index (χ1v) is 13.3. The maximum absolute atomic E-state index is 12.0. The summed E-state index contributed by atoms with van der Waals surface area (Å²) in [7, 11) is 1.55. The Morgan fingerprint density at radius 3 is 1.78 bits per heavy atom. The number of piperidine rings is 2. The fourth-order valence-corrected chi connectivity index (χ4v) is 3.97. The second kappa shape index (κ2) is 15.9. The lowest BCUT2D eigenvalue weighted by atomic mass is 9.98. The zero-order chi connectivity index (χ0) is 28.1. The van der Waals surface area contributed by atoms with E-state index in [1.807, 2.05) is 41.5 Å². The molecule has 0 radical (unpaired) electrons. The highest BCUT2D eigenvalue weighted by Gasteiger charge is 2.28. The number of rotatable bonds is 6. The van der Waals surface area contributed by atoms with Crippen LogP contribution in [0.25, 0.3) is 0 Å². The fourth-order valence-electron chi connectivity index (χ4n) is 3.97. The molecule has 11 nitrogen and oxygen atoms in total. The Bertz CT molecular complexity index is 706. The lowest BCUT2D eigenvalue weighted by molar-refractivity contribution is 0.0158. The number of nitrogens with two attached hydrogens (primary N) is 1. The Kier molecular flexibility index (Phi) is 14.0. The molecule has 37 heavy (non-hydrogen) atoms. The molecule has 2 aliphatic heterocycles. The molecule has 11 heteroatoms. The Hall–Kier alpha value is -2.27. The largest absolute Gasteiger partial charge is 0.447 e. The van der Waals surface area contributed by atoms with E-state index in [1.165, 1.54) is 0 Å². The van der Waals surface area contributed by atoms with E-state index in [1.54, 1.807) is 16.9 Å². The SMILES string of the molecule is CC(C)(C)OC(=O)N1CCC[C@@H](CN)C1.COCCOC(=O)NC[C@@H]1CCCN(C(=O)OC(C)(C)C)C1. The monoisotopic (exact) mass is 530 g/mol. The number of likely N-dealkylation sites (tertiary alicyclic amines) is 2. The summed E-state index contributed by atoms with van der Waals surface area (Å²) in [6.45, 7) is 15.8. The highest BCUT2D eigenvalue weighted by molar-refractivity contribution is 5.69. The number of hydrogen-bond donors (Lipinski definition) is 2. The van der Waals surface area contributed by atoms with Crippen molar-refractivity contribution in [3.05, 3.63) is 0 Å². The van der Waals surface area contributed by atoms with Crippen LogP contribution >= 0.6 is 0 Å². The molecule has 2 fully saturated rings. The van der Waals surface area contributed by atoms with E-state index in [0.29, 0.717) is 38.7 Å². The number of hydrogen-bond acceptors (Lipinski definition) is 8. The molecule has 0 aliphatic carbocycles. The van der Waals surface area contributed by atoms with Gasteiger partial charge in [0.1, 0.15) is 17.8 Å². The van der Waals surface area contributed by atoms with Crippen molar-refractivity contribution in [2.45, 2.75) is 78.4 Å². The topological polar surface area (TPSA) is 133 Å². The van der Waals surface area contributed by atoms with Gasteiger partial charge in [0.25, 0.3) is 0 Å². The highest BCUT2D eigenvalue weighted by Crippen LogP contribution is 2.19. The third-order valence-electron chi connectivity index (χ3n) is 5.73. The van der Waals surface area contributed by atoms with Crippen LogP contribution in [0, 0.1) is 11.8 Å². The minimum absolute atomic E-state index is 0.208. The van der Waals surface area contributed by atoms with Gasteiger partial charge in [0, 0.05) is 39.8 Å². The maximum Gasteiger partial charge on any atom is 0.410 e. The summed E-state index contributed by atoms with van der Waals surface area (Å²) in [5.74, 6) is 0.655. The van der Waals surface area contributed by atoms with Crippen LogP contribution in [0.5, 0.6) is 0 Å². The summed E-state index contributed by atoms with van der Waals surface area (Å²) >= 11 is 0. The van der Waals surface area contributed by atoms with Crippen molar-refractivity contribution >= 4 is 18.3 Å². The molecule has 3 N–H and O–H groups in total. The summed E-state index contributed by atoms with van der Waals surface area (Å²) in [5.41, 5.74) is 4.71. The molecule has 216 valence electrons. The number of ether oxygens (including phenoxy) is 4. The molecule has 0 aromatic carbocycles. The molecule has 0 aromatic rings. The number of carbonyl (C=O) groups excluding carboxylic acids is 3. The van der Waals surface area contributed by atoms with Gasteiger partial charge < -0.3 is 39.8 Å². The molecular weight excluding hydrogens is 480 g/mol. The van der Waals surface area contributed by atoms with Gasteiger partial charge in [0.2, 0.25) is 0 Å². The predicted octanol–water partition coefficient (Wildman–Crippen LogP) is 3.60. The maximum atomic E-state index is 12.0. The lowest BCUT2D eigenvalue weighted by Crippen LogP contribution is -2.45. The van der Waals surface area contributed by atoms with Crippen LogP contribution in [-0.2, 0) is 18.9 Å². The van der Waals surface area contributed by atoms with Crippen LogP contribution in [0.4, 0.5) is 14.4 Å². The summed E-state index contributed by atoms with van der Waals surface area (Å²) in [6.07, 6.45) is 3.07. The molecule has 3 amide bonds. The van der Waals surface area contributed by atoms with Crippen molar-refractivity contribution in [2.24, 2.45) is 17.6 Å². The van der Waals surface area contributed by atoms with E-state index in [9.17, 15) is 14.4 Å². The number of nitrogens with one attached hydrogen (secondary N) is 1. The van der Waals surface area contributed by atoms with Gasteiger partial charge in [-0.2, -0.15) is 0 Å². The summed E-state index contributed by atoms with van der Waals surface area (Å²) in [5, 5.41) is 2.72. The van der Waals surface area contributed by atoms with E-state index < -0.39 is 17.3 Å². The van der Waals surface area contributed by atoms with Crippen molar-refractivity contribution in [2.75, 3.05) is 59.6 Å². The summed E-state index contributed by atoms with van der Waals surface area (Å²) < 4.78 is 20.4. The fraction of sp³-hybridized carbons (Fsp3) is 0.885. The zero-order valence-corrected chi connectivity index (χ0v) is 24.0. The molecular formula is C26H50N4O7. The summed E-state index contributed by atoms with van der Waals surface area (Å²) in [4.78, 5) is 38.7. The zero-order valence-electron chi connectivity index (χ0n) is 24.0. The van der Waals surface area contributed by atoms with Crippen molar-refractivity contribution in [3.8, 4) is 0 Å². The van der Waals surface area contributed by atoms with Gasteiger partial charge in [-0.1, -0.05) is 0 Å². The van der Waals surface area contributed by atoms with E-state index in [4.69, 9.17) is 24.7 Å². The number of alkyl carbamates (subject to hydrolysis) is 1. The molecule has 2 heterocycles. The van der Waals surface area contributed by atoms with Gasteiger partial charge >= 0.3 is 18.3 Å². The second-order valence-electron chi connectivity index (χ2n) is 11.6. The van der Waals surface area contributed by atoms with Crippen LogP contribution in [0.1, 0.15) is 67.2 Å². The van der Waals surface area contributed by atoms with Gasteiger partial charge in [-0.05, 0) is 85.6 Å². The normalized spacial score (nSPS) is 20.3. The molecule has 0 unspecified atom stereocenters. The van der Waals surface area contributed by atoms with Crippen LogP contribution in [-0.4, -0.2) is 98.9 Å². The Morgan fingerprint density at radius 1 is 0.838 bits per heavy atom. The molecule has 2 atom stereocenters. The highest BCUT2D eigenvalue weighted by atomic mass is 16.6. The van der Waals surface area contributed by atoms with Gasteiger partial charge in [-0.15, -0.1) is 0 Å². The van der Waals surface area contributed by atoms with Crippen LogP contribution in [0.2, 0.25) is 0 Å². The third kappa shape index (κ3) is 14.9. The molecule has 2 aliphatic rings. The van der Waals surface area contributed by atoms with Crippen LogP contribution in [0.3, 0.4) is 0 Å². The van der Waals surface area contributed by atoms with E-state index in [-0.39, 0.29) is 24.7 Å². The minimum atomic E-state index is -0.493. The number of carbonyl (C=O) groups is 3. The third-order valence-corrected chi connectivity index (χ3v) is 5.73. The van der Waals surface area contributed by atoms with Gasteiger partial charge in [-0.25, -0.2) is 14.4 Å². The quantitative estimate of drug-likeness (QED) is 0.393. The molecule has 2 saturated heterocycles. The number of nitrogens with zero attached hydrogens (tertiary/aromatic N) is 2. The smallest absolute Gasteiger partial charge is 0.410 e. The molecule has 0 aromatic heterocycles. The van der Waals surface area contributed by atoms with E-state index in [2.05, 4.69) is 5.32 Å². The molecule has 0 spiro atoms. The first-order valence-electron chi connectivity index (χ1n) is 13.3. The average Bonchev–Trinajstić information content (AvgIpc) is 2.81. The van der Waals surface area contributed by atoms with Crippen LogP contribution in [0.15, 0.2) is 0 Å². The van der Waals surface area contributed by atoms with Crippen molar-refractivity contribution in [1.82, 2.24) is 15.1 Å². The minimum Gasteiger partial charge on any atom is -0.447 e. The van der Waals surface area contributed by atoms with Crippen molar-refractivity contribution in [1.29, 1.82) is 0 Å². The lowest BCUT2D eigenvalue weighted by Gasteiger charge is -2.34. The van der Waals surface area contributed by atoms with E-state index >= 15 is 0 Å². The first kappa shape index (κ1) is 32.8. The van der Waals surface area contributed by atoms with Gasteiger partial charge in [-0.3, -0.25) is 0 Å². The van der Waals surface area contributed by atoms with Gasteiger partial charge in [0.15, 0.2) is 0 Å². The number of amides is 3. The van der Waals surface area contributed by atoms with Gasteiger partial charge in [0.05, 0.1) is 6.61 Å². The average molecular weight is 531 g/mol. The predicted molar refractivity (Wildman–Crippen MR) is 141 cm³/mol. The van der Waals surface area contributed by atoms with E-state index in [0.717, 1.165) is 38.8 Å². The molecule has 0 bridgehead atoms. The molecule has 0 saturated carbocycles. The Morgan fingerprint density at radius 2 is 1.32 bits per heavy atom. The van der Waals surface area contributed by atoms with Crippen molar-refractivity contribution in [3.63, 3.8) is 0 Å². The molecule has 2 rings (SSSR count). The second-order valence-corrected chi connectivity index (χ2v) is 11.6. The van der Waals surface area contributed by atoms with Crippen molar-refractivity contribution < 1.29 is 33.3 Å². The Balaban J connectivity index is 0.000000397. The number of methoxy groups -OCH3 is 1. The summed E-state index contributed by atoms with van der Waals surface area (Å²) in [6, 6.07) is 0. The standard InChI is InChI=1S/C15H28N2O5.C11H22N2O2/c1-15(2,3)22-14(19)17-7-5-6-12(11-17)10-16-13(18)21-9-8-20-4;1-11(2,3)15-10(14)13-6-4-5-9(7-12)8-13/h12H,5-11H2,1-4H3,(H,16,18);9H,4-8,12H2,1-3H3/t12-;9-/m00/s1. The first-order chi connectivity index (χ1) is 17.2. The Labute approximate surface area is 222 Å².